The molecule has 110 valence electrons. The third kappa shape index (κ3) is 3.89. The number of nitro groups is 1. The molecular formula is C13H11BrClN3O3. The van der Waals surface area contributed by atoms with Crippen molar-refractivity contribution in [3.05, 3.63) is 55.0 Å². The number of nitrogens with zero attached hydrogens (tertiary/aromatic N) is 3. The van der Waals surface area contributed by atoms with Gasteiger partial charge in [0.25, 0.3) is 0 Å². The Kier molecular flexibility index (Phi) is 4.74. The van der Waals surface area contributed by atoms with Crippen molar-refractivity contribution in [3.8, 4) is 5.75 Å². The predicted molar refractivity (Wildman–Crippen MR) is 81.6 cm³/mol. The van der Waals surface area contributed by atoms with Crippen LogP contribution in [0.25, 0.3) is 0 Å². The zero-order valence-corrected chi connectivity index (χ0v) is 13.6. The predicted octanol–water partition coefficient (Wildman–Crippen LogP) is 4.00. The normalized spacial score (nSPS) is 10.5. The lowest BCUT2D eigenvalue weighted by molar-refractivity contribution is -0.386. The van der Waals surface area contributed by atoms with E-state index in [2.05, 4.69) is 25.9 Å². The molecule has 2 aromatic rings. The summed E-state index contributed by atoms with van der Waals surface area (Å²) < 4.78 is 6.15. The minimum absolute atomic E-state index is 0.00467. The van der Waals surface area contributed by atoms with Crippen LogP contribution in [-0.2, 0) is 6.61 Å². The second-order valence-electron chi connectivity index (χ2n) is 4.36. The zero-order valence-electron chi connectivity index (χ0n) is 11.3. The van der Waals surface area contributed by atoms with Crippen LogP contribution in [0.1, 0.15) is 17.1 Å². The number of rotatable bonds is 4. The summed E-state index contributed by atoms with van der Waals surface area (Å²) >= 11 is 9.07. The topological polar surface area (TPSA) is 78.2 Å². The Balaban J connectivity index is 2.29. The molecule has 6 nitrogen and oxygen atoms in total. The summed E-state index contributed by atoms with van der Waals surface area (Å²) in [6, 6.07) is 4.76. The Hall–Kier alpha value is -1.73. The Bertz CT molecular complexity index is 689. The first-order chi connectivity index (χ1) is 9.86. The van der Waals surface area contributed by atoms with Crippen molar-refractivity contribution < 1.29 is 9.66 Å². The van der Waals surface area contributed by atoms with E-state index in [4.69, 9.17) is 16.3 Å². The van der Waals surface area contributed by atoms with Crippen molar-refractivity contribution >= 4 is 33.2 Å². The minimum atomic E-state index is -0.489. The van der Waals surface area contributed by atoms with Gasteiger partial charge in [-0.2, -0.15) is 0 Å². The molecule has 21 heavy (non-hydrogen) atoms. The summed E-state index contributed by atoms with van der Waals surface area (Å²) in [6.45, 7) is 3.52. The van der Waals surface area contributed by atoms with Gasteiger partial charge in [-0.25, -0.2) is 9.97 Å². The number of hydrogen-bond donors (Lipinski definition) is 0. The van der Waals surface area contributed by atoms with Gasteiger partial charge in [0, 0.05) is 16.2 Å². The first kappa shape index (κ1) is 15.7. The molecule has 0 bridgehead atoms. The van der Waals surface area contributed by atoms with Crippen molar-refractivity contribution in [2.24, 2.45) is 0 Å². The van der Waals surface area contributed by atoms with Crippen LogP contribution in [0.15, 0.2) is 22.7 Å². The van der Waals surface area contributed by atoms with Crippen LogP contribution in [0.4, 0.5) is 5.69 Å². The van der Waals surface area contributed by atoms with Crippen LogP contribution >= 0.6 is 27.5 Å². The van der Waals surface area contributed by atoms with E-state index < -0.39 is 4.92 Å². The monoisotopic (exact) mass is 371 g/mol. The van der Waals surface area contributed by atoms with Gasteiger partial charge in [-0.3, -0.25) is 10.1 Å². The first-order valence-corrected chi connectivity index (χ1v) is 7.11. The van der Waals surface area contributed by atoms with Crippen molar-refractivity contribution in [1.82, 2.24) is 9.97 Å². The summed E-state index contributed by atoms with van der Waals surface area (Å²) in [5.41, 5.74) is 1.24. The van der Waals surface area contributed by atoms with Crippen molar-refractivity contribution in [2.75, 3.05) is 0 Å². The summed E-state index contributed by atoms with van der Waals surface area (Å²) in [5, 5.41) is 11.4. The molecule has 1 aromatic carbocycles. The van der Waals surface area contributed by atoms with Crippen molar-refractivity contribution in [3.63, 3.8) is 0 Å². The second-order valence-corrected chi connectivity index (χ2v) is 5.67. The molecule has 8 heteroatoms. The molecule has 0 spiro atoms. The first-order valence-electron chi connectivity index (χ1n) is 5.94. The molecule has 0 unspecified atom stereocenters. The molecule has 1 heterocycles. The summed E-state index contributed by atoms with van der Waals surface area (Å²) in [7, 11) is 0. The summed E-state index contributed by atoms with van der Waals surface area (Å²) in [5.74, 6) is 0.570. The van der Waals surface area contributed by atoms with Gasteiger partial charge in [0.05, 0.1) is 4.92 Å². The maximum atomic E-state index is 11.1. The van der Waals surface area contributed by atoms with Gasteiger partial charge in [-0.15, -0.1) is 0 Å². The lowest BCUT2D eigenvalue weighted by Crippen LogP contribution is -2.05. The Morgan fingerprint density at radius 3 is 2.67 bits per heavy atom. The Morgan fingerprint density at radius 1 is 1.33 bits per heavy atom. The number of hydrogen-bond acceptors (Lipinski definition) is 5. The fourth-order valence-corrected chi connectivity index (χ4v) is 2.64. The maximum absolute atomic E-state index is 11.1. The molecule has 2 rings (SSSR count). The van der Waals surface area contributed by atoms with E-state index in [1.54, 1.807) is 26.0 Å². The van der Waals surface area contributed by atoms with Gasteiger partial charge in [-0.05, 0) is 31.5 Å². The molecule has 0 N–H and O–H groups in total. The lowest BCUT2D eigenvalue weighted by atomic mass is 10.2. The van der Waals surface area contributed by atoms with Gasteiger partial charge < -0.3 is 4.74 Å². The Morgan fingerprint density at radius 2 is 2.05 bits per heavy atom. The molecule has 0 saturated carbocycles. The minimum Gasteiger partial charge on any atom is -0.478 e. The molecule has 0 aliphatic rings. The lowest BCUT2D eigenvalue weighted by Gasteiger charge is -2.10. The average molecular weight is 373 g/mol. The van der Waals surface area contributed by atoms with Crippen LogP contribution in [0.3, 0.4) is 0 Å². The van der Waals surface area contributed by atoms with Crippen LogP contribution in [0, 0.1) is 24.0 Å². The van der Waals surface area contributed by atoms with Crippen LogP contribution in [0.5, 0.6) is 5.75 Å². The van der Waals surface area contributed by atoms with E-state index in [9.17, 15) is 10.1 Å². The third-order valence-corrected chi connectivity index (χ3v) is 3.28. The van der Waals surface area contributed by atoms with Crippen LogP contribution in [0.2, 0.25) is 5.15 Å². The molecule has 0 fully saturated rings. The van der Waals surface area contributed by atoms with E-state index in [1.165, 1.54) is 6.07 Å². The average Bonchev–Trinajstić information content (AvgIpc) is 2.35. The Labute approximate surface area is 134 Å². The highest BCUT2D eigenvalue weighted by atomic mass is 79.9. The van der Waals surface area contributed by atoms with E-state index >= 15 is 0 Å². The number of aryl methyl sites for hydroxylation is 2. The molecule has 0 radical (unpaired) electrons. The fourth-order valence-electron chi connectivity index (χ4n) is 1.83. The molecule has 0 atom stereocenters. The summed E-state index contributed by atoms with van der Waals surface area (Å²) in [4.78, 5) is 18.8. The number of benzene rings is 1. The highest BCUT2D eigenvalue weighted by molar-refractivity contribution is 9.10. The number of ether oxygens (including phenoxy) is 1. The van der Waals surface area contributed by atoms with E-state index in [-0.39, 0.29) is 18.0 Å². The highest BCUT2D eigenvalue weighted by Gasteiger charge is 2.19. The zero-order chi connectivity index (χ0) is 15.6. The smallest absolute Gasteiger partial charge is 0.312 e. The molecule has 0 aliphatic carbocycles. The number of halogens is 2. The van der Waals surface area contributed by atoms with Gasteiger partial charge in [0.15, 0.2) is 5.82 Å². The number of nitro benzene ring substituents is 1. The summed E-state index contributed by atoms with van der Waals surface area (Å²) in [6.07, 6.45) is 0. The SMILES string of the molecule is Cc1cc(Cl)nc(COc2c(C)cc(Br)cc2[N+](=O)[O-])n1. The number of aromatic nitrogens is 2. The van der Waals surface area contributed by atoms with Crippen molar-refractivity contribution in [2.45, 2.75) is 20.5 Å². The van der Waals surface area contributed by atoms with Crippen molar-refractivity contribution in [1.29, 1.82) is 0 Å². The third-order valence-electron chi connectivity index (χ3n) is 2.63. The van der Waals surface area contributed by atoms with Crippen LogP contribution in [-0.4, -0.2) is 14.9 Å². The van der Waals surface area contributed by atoms with Gasteiger partial charge in [-0.1, -0.05) is 27.5 Å². The molecular weight excluding hydrogens is 362 g/mol. The van der Waals surface area contributed by atoms with Gasteiger partial charge >= 0.3 is 5.69 Å². The maximum Gasteiger partial charge on any atom is 0.312 e. The largest absolute Gasteiger partial charge is 0.478 e. The molecule has 0 saturated heterocycles. The van der Waals surface area contributed by atoms with E-state index in [1.807, 2.05) is 0 Å². The van der Waals surface area contributed by atoms with E-state index in [0.29, 0.717) is 26.7 Å². The van der Waals surface area contributed by atoms with Gasteiger partial charge in [0.1, 0.15) is 11.8 Å². The van der Waals surface area contributed by atoms with Gasteiger partial charge in [0.2, 0.25) is 5.75 Å². The highest BCUT2D eigenvalue weighted by Crippen LogP contribution is 2.34. The molecule has 0 amide bonds. The fraction of sp³-hybridized carbons (Fsp3) is 0.231. The molecule has 0 aliphatic heterocycles. The quantitative estimate of drug-likeness (QED) is 0.460. The second kappa shape index (κ2) is 6.36. The van der Waals surface area contributed by atoms with E-state index in [0.717, 1.165) is 0 Å². The van der Waals surface area contributed by atoms with Crippen LogP contribution < -0.4 is 4.74 Å². The standard InChI is InChI=1S/C13H11BrClN3O3/c1-7-3-9(14)5-10(18(19)20)13(7)21-6-12-16-8(2)4-11(15)17-12/h3-5H,6H2,1-2H3. The molecule has 1 aromatic heterocycles.